The fraction of sp³-hybridized carbons (Fsp3) is 0.682. The lowest BCUT2D eigenvalue weighted by Crippen LogP contribution is -2.59. The van der Waals surface area contributed by atoms with Gasteiger partial charge in [0.15, 0.2) is 0 Å². The van der Waals surface area contributed by atoms with Gasteiger partial charge in [-0.05, 0) is 50.7 Å². The van der Waals surface area contributed by atoms with Crippen molar-refractivity contribution in [2.24, 2.45) is 11.3 Å². The lowest BCUT2D eigenvalue weighted by atomic mass is 9.61. The van der Waals surface area contributed by atoms with E-state index in [1.54, 1.807) is 12.3 Å². The van der Waals surface area contributed by atoms with Crippen molar-refractivity contribution < 1.29 is 14.3 Å². The number of carbonyl (C=O) groups excluding carboxylic acids is 1. The molecule has 0 unspecified atom stereocenters. The Morgan fingerprint density at radius 1 is 1.34 bits per heavy atom. The molecule has 3 fully saturated rings. The second-order valence-corrected chi connectivity index (χ2v) is 8.38. The highest BCUT2D eigenvalue weighted by atomic mass is 16.5. The molecular formula is C22H30N4O3. The van der Waals surface area contributed by atoms with Crippen LogP contribution in [0.1, 0.15) is 38.2 Å². The molecule has 29 heavy (non-hydrogen) atoms. The Morgan fingerprint density at radius 3 is 2.86 bits per heavy atom. The maximum Gasteiger partial charge on any atom is 0.314 e. The molecule has 1 saturated carbocycles. The summed E-state index contributed by atoms with van der Waals surface area (Å²) in [6.07, 6.45) is 5.48. The van der Waals surface area contributed by atoms with Crippen LogP contribution in [0, 0.1) is 22.7 Å². The molecule has 1 aromatic rings. The van der Waals surface area contributed by atoms with Crippen molar-refractivity contribution in [3.05, 3.63) is 23.9 Å². The molecule has 156 valence electrons. The molecule has 0 bridgehead atoms. The Hall–Kier alpha value is -2.17. The van der Waals surface area contributed by atoms with Gasteiger partial charge in [0.1, 0.15) is 11.9 Å². The van der Waals surface area contributed by atoms with Gasteiger partial charge in [-0.3, -0.25) is 9.69 Å². The minimum absolute atomic E-state index is 0.0521. The van der Waals surface area contributed by atoms with Crippen LogP contribution in [0.3, 0.4) is 0 Å². The molecule has 3 aliphatic rings. The maximum atomic E-state index is 13.2. The normalized spacial score (nSPS) is 30.3. The number of pyridine rings is 1. The van der Waals surface area contributed by atoms with E-state index in [9.17, 15) is 4.79 Å². The zero-order valence-corrected chi connectivity index (χ0v) is 17.2. The molecule has 0 spiro atoms. The molecule has 0 amide bonds. The summed E-state index contributed by atoms with van der Waals surface area (Å²) in [5.74, 6) is 1.11. The van der Waals surface area contributed by atoms with E-state index in [0.717, 1.165) is 64.3 Å². The Morgan fingerprint density at radius 2 is 2.17 bits per heavy atom. The second kappa shape index (κ2) is 8.68. The zero-order chi connectivity index (χ0) is 20.3. The van der Waals surface area contributed by atoms with Crippen molar-refractivity contribution in [2.45, 2.75) is 38.6 Å². The minimum atomic E-state index is -0.466. The van der Waals surface area contributed by atoms with E-state index in [2.05, 4.69) is 20.9 Å². The van der Waals surface area contributed by atoms with Gasteiger partial charge in [0.05, 0.1) is 30.8 Å². The van der Waals surface area contributed by atoms with E-state index in [0.29, 0.717) is 30.7 Å². The number of carbonyl (C=O) groups is 1. The SMILES string of the molecule is CCOC(=O)[C@@]12CC[C@H](N3CCOCC3)C[C@H]1CCN(c1ccc(C#N)cn1)C2. The molecule has 1 aromatic heterocycles. The Labute approximate surface area is 172 Å². The number of ether oxygens (including phenoxy) is 2. The van der Waals surface area contributed by atoms with Crippen LogP contribution in [0.15, 0.2) is 18.3 Å². The smallest absolute Gasteiger partial charge is 0.314 e. The van der Waals surface area contributed by atoms with Crippen LogP contribution < -0.4 is 4.90 Å². The van der Waals surface area contributed by atoms with Crippen LogP contribution in [-0.2, 0) is 14.3 Å². The summed E-state index contributed by atoms with van der Waals surface area (Å²) in [5, 5.41) is 9.02. The summed E-state index contributed by atoms with van der Waals surface area (Å²) in [6, 6.07) is 6.32. The number of hydrogen-bond donors (Lipinski definition) is 0. The molecule has 0 N–H and O–H groups in total. The van der Waals surface area contributed by atoms with E-state index in [1.165, 1.54) is 0 Å². The van der Waals surface area contributed by atoms with Crippen LogP contribution in [0.4, 0.5) is 5.82 Å². The lowest BCUT2D eigenvalue weighted by Gasteiger charge is -2.52. The summed E-state index contributed by atoms with van der Waals surface area (Å²) in [5.41, 5.74) is 0.0851. The van der Waals surface area contributed by atoms with Gasteiger partial charge in [-0.2, -0.15) is 5.26 Å². The van der Waals surface area contributed by atoms with Crippen molar-refractivity contribution in [1.29, 1.82) is 5.26 Å². The third-order valence-electron chi connectivity index (χ3n) is 6.93. The van der Waals surface area contributed by atoms with Gasteiger partial charge in [-0.1, -0.05) is 0 Å². The third kappa shape index (κ3) is 3.96. The highest BCUT2D eigenvalue weighted by molar-refractivity contribution is 5.79. The number of anilines is 1. The van der Waals surface area contributed by atoms with Crippen LogP contribution >= 0.6 is 0 Å². The molecule has 7 nitrogen and oxygen atoms in total. The summed E-state index contributed by atoms with van der Waals surface area (Å²) < 4.78 is 11.1. The van der Waals surface area contributed by atoms with E-state index >= 15 is 0 Å². The van der Waals surface area contributed by atoms with Gasteiger partial charge in [-0.15, -0.1) is 0 Å². The van der Waals surface area contributed by atoms with Gasteiger partial charge in [0.25, 0.3) is 0 Å². The first-order valence-corrected chi connectivity index (χ1v) is 10.8. The Kier molecular flexibility index (Phi) is 6.02. The van der Waals surface area contributed by atoms with Crippen molar-refractivity contribution in [3.63, 3.8) is 0 Å². The number of nitriles is 1. The molecule has 1 aliphatic carbocycles. The standard InChI is InChI=1S/C22H30N4O3/c1-2-29-21(27)22-7-5-19(25-9-11-28-12-10-25)13-18(22)6-8-26(16-22)20-4-3-17(14-23)15-24-20/h3-4,15,18-19H,2,5-13,16H2,1H3/t18-,19+,22-/m1/s1. The van der Waals surface area contributed by atoms with Gasteiger partial charge < -0.3 is 14.4 Å². The largest absolute Gasteiger partial charge is 0.466 e. The maximum absolute atomic E-state index is 13.2. The summed E-state index contributed by atoms with van der Waals surface area (Å²) >= 11 is 0. The monoisotopic (exact) mass is 398 g/mol. The van der Waals surface area contributed by atoms with Crippen LogP contribution in [0.5, 0.6) is 0 Å². The van der Waals surface area contributed by atoms with E-state index in [4.69, 9.17) is 14.7 Å². The number of hydrogen-bond acceptors (Lipinski definition) is 7. The summed E-state index contributed by atoms with van der Waals surface area (Å²) in [4.78, 5) is 22.4. The average molecular weight is 399 g/mol. The number of piperidine rings is 1. The third-order valence-corrected chi connectivity index (χ3v) is 6.93. The topological polar surface area (TPSA) is 78.7 Å². The van der Waals surface area contributed by atoms with Gasteiger partial charge in [0.2, 0.25) is 0 Å². The molecular weight excluding hydrogens is 368 g/mol. The van der Waals surface area contributed by atoms with Gasteiger partial charge in [-0.25, -0.2) is 4.98 Å². The van der Waals surface area contributed by atoms with Crippen LogP contribution in [0.2, 0.25) is 0 Å². The summed E-state index contributed by atoms with van der Waals surface area (Å²) in [6.45, 7) is 7.41. The zero-order valence-electron chi connectivity index (χ0n) is 17.2. The quantitative estimate of drug-likeness (QED) is 0.720. The molecule has 3 atom stereocenters. The average Bonchev–Trinajstić information content (AvgIpc) is 2.79. The first-order chi connectivity index (χ1) is 14.2. The van der Waals surface area contributed by atoms with Crippen molar-refractivity contribution >= 4 is 11.8 Å². The van der Waals surface area contributed by atoms with Crippen molar-refractivity contribution in [3.8, 4) is 6.07 Å². The highest BCUT2D eigenvalue weighted by Gasteiger charge is 2.53. The molecule has 4 rings (SSSR count). The fourth-order valence-electron chi connectivity index (χ4n) is 5.35. The molecule has 7 heteroatoms. The molecule has 2 saturated heterocycles. The van der Waals surface area contributed by atoms with Crippen LogP contribution in [0.25, 0.3) is 0 Å². The van der Waals surface area contributed by atoms with E-state index in [-0.39, 0.29) is 5.97 Å². The fourth-order valence-corrected chi connectivity index (χ4v) is 5.35. The predicted molar refractivity (Wildman–Crippen MR) is 108 cm³/mol. The van der Waals surface area contributed by atoms with Crippen LogP contribution in [-0.4, -0.2) is 67.9 Å². The van der Waals surface area contributed by atoms with E-state index in [1.807, 2.05) is 13.0 Å². The van der Waals surface area contributed by atoms with Gasteiger partial charge in [0, 0.05) is 38.4 Å². The minimum Gasteiger partial charge on any atom is -0.466 e. The highest BCUT2D eigenvalue weighted by Crippen LogP contribution is 2.49. The number of nitrogens with zero attached hydrogens (tertiary/aromatic N) is 4. The number of esters is 1. The second-order valence-electron chi connectivity index (χ2n) is 8.38. The number of morpholine rings is 1. The van der Waals surface area contributed by atoms with Crippen molar-refractivity contribution in [2.75, 3.05) is 50.9 Å². The number of fused-ring (bicyclic) bond motifs is 1. The van der Waals surface area contributed by atoms with E-state index < -0.39 is 5.41 Å². The predicted octanol–water partition coefficient (Wildman–Crippen LogP) is 2.21. The molecule has 2 aliphatic heterocycles. The molecule has 0 radical (unpaired) electrons. The Bertz CT molecular complexity index is 756. The first kappa shape index (κ1) is 20.1. The first-order valence-electron chi connectivity index (χ1n) is 10.8. The van der Waals surface area contributed by atoms with Crippen molar-refractivity contribution in [1.82, 2.24) is 9.88 Å². The Balaban J connectivity index is 1.53. The number of aromatic nitrogens is 1. The molecule has 3 heterocycles. The number of rotatable bonds is 4. The van der Waals surface area contributed by atoms with Gasteiger partial charge >= 0.3 is 5.97 Å². The summed E-state index contributed by atoms with van der Waals surface area (Å²) in [7, 11) is 0. The molecule has 0 aromatic carbocycles. The lowest BCUT2D eigenvalue weighted by molar-refractivity contribution is -0.164.